The predicted molar refractivity (Wildman–Crippen MR) is 79.3 cm³/mol. The first kappa shape index (κ1) is 13.2. The fourth-order valence-electron chi connectivity index (χ4n) is 2.23. The van der Waals surface area contributed by atoms with Gasteiger partial charge in [0.25, 0.3) is 0 Å². The normalized spacial score (nSPS) is 18.1. The molecule has 1 aliphatic rings. The number of benzene rings is 1. The summed E-state index contributed by atoms with van der Waals surface area (Å²) in [5.41, 5.74) is 7.39. The van der Waals surface area contributed by atoms with Crippen LogP contribution in [0, 0.1) is 0 Å². The van der Waals surface area contributed by atoms with Crippen molar-refractivity contribution in [2.75, 3.05) is 24.3 Å². The monoisotopic (exact) mass is 292 g/mol. The van der Waals surface area contributed by atoms with Crippen molar-refractivity contribution in [1.29, 1.82) is 0 Å². The van der Waals surface area contributed by atoms with E-state index in [9.17, 15) is 0 Å². The largest absolute Gasteiger partial charge is 0.493 e. The minimum Gasteiger partial charge on any atom is -0.493 e. The van der Waals surface area contributed by atoms with Crippen molar-refractivity contribution in [3.05, 3.63) is 24.4 Å². The number of anilines is 1. The lowest BCUT2D eigenvalue weighted by atomic mass is 10.1. The standard InChI is InChI=1S/C14H16N2O3S/c1-17-12-4-2-3-10(11-7-16-19-14(11)15)13(12)18-9-5-6-20-8-9/h2-4,7,9H,5-6,8,15H2,1H3. The molecular weight excluding hydrogens is 276 g/mol. The molecule has 0 radical (unpaired) electrons. The van der Waals surface area contributed by atoms with Crippen LogP contribution in [0.2, 0.25) is 0 Å². The fourth-order valence-corrected chi connectivity index (χ4v) is 3.33. The highest BCUT2D eigenvalue weighted by molar-refractivity contribution is 7.99. The lowest BCUT2D eigenvalue weighted by molar-refractivity contribution is 0.219. The van der Waals surface area contributed by atoms with Crippen molar-refractivity contribution >= 4 is 17.6 Å². The molecule has 6 heteroatoms. The van der Waals surface area contributed by atoms with Crippen LogP contribution in [-0.4, -0.2) is 29.9 Å². The van der Waals surface area contributed by atoms with Crippen LogP contribution < -0.4 is 15.2 Å². The van der Waals surface area contributed by atoms with Crippen LogP contribution in [0.3, 0.4) is 0 Å². The van der Waals surface area contributed by atoms with E-state index in [1.165, 1.54) is 0 Å². The summed E-state index contributed by atoms with van der Waals surface area (Å²) < 4.78 is 16.5. The Kier molecular flexibility index (Phi) is 3.73. The second kappa shape index (κ2) is 5.66. The van der Waals surface area contributed by atoms with Crippen LogP contribution in [0.15, 0.2) is 28.9 Å². The van der Waals surface area contributed by atoms with Gasteiger partial charge >= 0.3 is 0 Å². The summed E-state index contributed by atoms with van der Waals surface area (Å²) in [7, 11) is 1.63. The number of rotatable bonds is 4. The van der Waals surface area contributed by atoms with Crippen molar-refractivity contribution in [3.8, 4) is 22.6 Å². The van der Waals surface area contributed by atoms with Gasteiger partial charge in [-0.2, -0.15) is 11.8 Å². The highest BCUT2D eigenvalue weighted by Crippen LogP contribution is 2.41. The van der Waals surface area contributed by atoms with Crippen molar-refractivity contribution < 1.29 is 14.0 Å². The van der Waals surface area contributed by atoms with Gasteiger partial charge in [-0.05, 0) is 18.2 Å². The zero-order valence-corrected chi connectivity index (χ0v) is 12.0. The maximum absolute atomic E-state index is 6.14. The maximum atomic E-state index is 6.14. The number of nitrogens with two attached hydrogens (primary N) is 1. The Bertz CT molecular complexity index is 594. The van der Waals surface area contributed by atoms with Gasteiger partial charge in [-0.3, -0.25) is 0 Å². The van der Waals surface area contributed by atoms with Gasteiger partial charge in [-0.15, -0.1) is 0 Å². The van der Waals surface area contributed by atoms with E-state index in [1.807, 2.05) is 30.0 Å². The van der Waals surface area contributed by atoms with Crippen LogP contribution >= 0.6 is 11.8 Å². The van der Waals surface area contributed by atoms with E-state index in [0.717, 1.165) is 29.1 Å². The second-order valence-corrected chi connectivity index (χ2v) is 5.69. The molecule has 1 atom stereocenters. The third-order valence-corrected chi connectivity index (χ3v) is 4.39. The molecule has 0 amide bonds. The van der Waals surface area contributed by atoms with Gasteiger partial charge in [0.15, 0.2) is 11.5 Å². The van der Waals surface area contributed by atoms with Crippen LogP contribution in [0.5, 0.6) is 11.5 Å². The Morgan fingerprint density at radius 3 is 2.95 bits per heavy atom. The Morgan fingerprint density at radius 2 is 2.30 bits per heavy atom. The van der Waals surface area contributed by atoms with Crippen LogP contribution in [0.25, 0.3) is 11.1 Å². The summed E-state index contributed by atoms with van der Waals surface area (Å²) in [6.07, 6.45) is 2.85. The third-order valence-electron chi connectivity index (χ3n) is 3.26. The number of thioether (sulfide) groups is 1. The molecule has 1 aromatic heterocycles. The van der Waals surface area contributed by atoms with E-state index in [2.05, 4.69) is 5.16 Å². The van der Waals surface area contributed by atoms with Crippen molar-refractivity contribution in [3.63, 3.8) is 0 Å². The van der Waals surface area contributed by atoms with Crippen LogP contribution in [0.4, 0.5) is 5.88 Å². The molecule has 0 spiro atoms. The second-order valence-electron chi connectivity index (χ2n) is 4.54. The number of hydrogen-bond acceptors (Lipinski definition) is 6. The number of nitrogen functional groups attached to an aromatic ring is 1. The highest BCUT2D eigenvalue weighted by atomic mass is 32.2. The first-order valence-electron chi connectivity index (χ1n) is 6.41. The summed E-state index contributed by atoms with van der Waals surface area (Å²) in [6.45, 7) is 0. The molecule has 20 heavy (non-hydrogen) atoms. The molecule has 0 aliphatic carbocycles. The molecule has 0 saturated carbocycles. The van der Waals surface area contributed by atoms with Gasteiger partial charge in [-0.25, -0.2) is 0 Å². The fraction of sp³-hybridized carbons (Fsp3) is 0.357. The molecule has 5 nitrogen and oxygen atoms in total. The number of hydrogen-bond donors (Lipinski definition) is 1. The smallest absolute Gasteiger partial charge is 0.230 e. The topological polar surface area (TPSA) is 70.5 Å². The van der Waals surface area contributed by atoms with E-state index in [4.69, 9.17) is 19.7 Å². The Labute approximate surface area is 121 Å². The van der Waals surface area contributed by atoms with Gasteiger partial charge in [0.1, 0.15) is 6.10 Å². The minimum absolute atomic E-state index is 0.205. The summed E-state index contributed by atoms with van der Waals surface area (Å²) in [6, 6.07) is 5.71. The number of ether oxygens (including phenoxy) is 2. The molecule has 1 unspecified atom stereocenters. The quantitative estimate of drug-likeness (QED) is 0.934. The van der Waals surface area contributed by atoms with Gasteiger partial charge < -0.3 is 19.7 Å². The molecule has 3 rings (SSSR count). The average molecular weight is 292 g/mol. The summed E-state index contributed by atoms with van der Waals surface area (Å²) >= 11 is 1.90. The summed E-state index contributed by atoms with van der Waals surface area (Å²) in [5.74, 6) is 3.81. The zero-order valence-electron chi connectivity index (χ0n) is 11.2. The van der Waals surface area contributed by atoms with Crippen molar-refractivity contribution in [2.24, 2.45) is 0 Å². The molecular formula is C14H16N2O3S. The van der Waals surface area contributed by atoms with Crippen molar-refractivity contribution in [1.82, 2.24) is 5.16 Å². The van der Waals surface area contributed by atoms with E-state index < -0.39 is 0 Å². The van der Waals surface area contributed by atoms with Crippen molar-refractivity contribution in [2.45, 2.75) is 12.5 Å². The number of para-hydroxylation sites is 1. The highest BCUT2D eigenvalue weighted by Gasteiger charge is 2.23. The van der Waals surface area contributed by atoms with Gasteiger partial charge in [-0.1, -0.05) is 17.3 Å². The first-order chi connectivity index (χ1) is 9.79. The molecule has 1 aliphatic heterocycles. The van der Waals surface area contributed by atoms with Gasteiger partial charge in [0.05, 0.1) is 18.9 Å². The molecule has 2 N–H and O–H groups in total. The minimum atomic E-state index is 0.205. The number of nitrogens with zero attached hydrogens (tertiary/aromatic N) is 1. The third kappa shape index (κ3) is 2.43. The molecule has 2 aromatic rings. The van der Waals surface area contributed by atoms with Crippen LogP contribution in [0.1, 0.15) is 6.42 Å². The van der Waals surface area contributed by atoms with E-state index in [1.54, 1.807) is 13.3 Å². The first-order valence-corrected chi connectivity index (χ1v) is 7.57. The van der Waals surface area contributed by atoms with E-state index in [-0.39, 0.29) is 12.0 Å². The van der Waals surface area contributed by atoms with Gasteiger partial charge in [0.2, 0.25) is 5.88 Å². The summed E-state index contributed by atoms with van der Waals surface area (Å²) in [4.78, 5) is 0. The average Bonchev–Trinajstić information content (AvgIpc) is 3.11. The Hall–Kier alpha value is -1.82. The lowest BCUT2D eigenvalue weighted by Gasteiger charge is -2.18. The van der Waals surface area contributed by atoms with Crippen LogP contribution in [-0.2, 0) is 0 Å². The Balaban J connectivity index is 2.02. The van der Waals surface area contributed by atoms with E-state index >= 15 is 0 Å². The molecule has 2 heterocycles. The maximum Gasteiger partial charge on any atom is 0.230 e. The molecule has 1 aromatic carbocycles. The molecule has 0 bridgehead atoms. The molecule has 1 saturated heterocycles. The van der Waals surface area contributed by atoms with Gasteiger partial charge in [0, 0.05) is 11.3 Å². The Morgan fingerprint density at radius 1 is 1.40 bits per heavy atom. The summed E-state index contributed by atoms with van der Waals surface area (Å²) in [5, 5.41) is 3.73. The molecule has 106 valence electrons. The number of methoxy groups -OCH3 is 1. The lowest BCUT2D eigenvalue weighted by Crippen LogP contribution is -2.15. The van der Waals surface area contributed by atoms with E-state index in [0.29, 0.717) is 11.5 Å². The number of aromatic nitrogens is 1. The molecule has 1 fully saturated rings. The zero-order chi connectivity index (χ0) is 13.9. The predicted octanol–water partition coefficient (Wildman–Crippen LogP) is 2.82. The SMILES string of the molecule is COc1cccc(-c2cnoc2N)c1OC1CCSC1.